The molecule has 0 aliphatic rings. The Bertz CT molecular complexity index is 566. The van der Waals surface area contributed by atoms with Gasteiger partial charge in [0.2, 0.25) is 0 Å². The topological polar surface area (TPSA) is 59.3 Å². The van der Waals surface area contributed by atoms with Crippen LogP contribution in [0.3, 0.4) is 0 Å². The first-order valence-electron chi connectivity index (χ1n) is 5.26. The van der Waals surface area contributed by atoms with Crippen molar-refractivity contribution in [3.8, 4) is 17.6 Å². The Labute approximate surface area is 117 Å². The summed E-state index contributed by atoms with van der Waals surface area (Å²) in [5.41, 5.74) is -0.451. The first kappa shape index (κ1) is 16.1. The number of nitriles is 1. The molecule has 1 aromatic carbocycles. The van der Waals surface area contributed by atoms with Crippen molar-refractivity contribution < 1.29 is 27.4 Å². The number of carbonyl (C=O) groups is 1. The van der Waals surface area contributed by atoms with Crippen molar-refractivity contribution in [2.45, 2.75) is 19.2 Å². The van der Waals surface area contributed by atoms with E-state index in [1.54, 1.807) is 6.07 Å². The van der Waals surface area contributed by atoms with Crippen LogP contribution in [0.2, 0.25) is 0 Å². The summed E-state index contributed by atoms with van der Waals surface area (Å²) in [7, 11) is 1.16. The molecule has 0 amide bonds. The van der Waals surface area contributed by atoms with Crippen molar-refractivity contribution >= 4 is 16.8 Å². The van der Waals surface area contributed by atoms with Gasteiger partial charge in [0.15, 0.2) is 11.9 Å². The number of carbonyl (C=O) groups excluding carboxylic acids is 1. The highest BCUT2D eigenvalue weighted by molar-refractivity contribution is 6.68. The lowest BCUT2D eigenvalue weighted by Gasteiger charge is -2.20. The van der Waals surface area contributed by atoms with Crippen LogP contribution in [0, 0.1) is 11.3 Å². The third-order valence-electron chi connectivity index (χ3n) is 2.41. The molecule has 20 heavy (non-hydrogen) atoms. The Balaban J connectivity index is 3.35. The van der Waals surface area contributed by atoms with E-state index in [2.05, 4.69) is 0 Å². The van der Waals surface area contributed by atoms with Crippen molar-refractivity contribution in [1.29, 1.82) is 5.26 Å². The summed E-state index contributed by atoms with van der Waals surface area (Å²) in [5, 5.41) is 7.77. The van der Waals surface area contributed by atoms with Gasteiger partial charge in [-0.25, -0.2) is 0 Å². The van der Waals surface area contributed by atoms with E-state index in [0.29, 0.717) is 0 Å². The first-order valence-corrected chi connectivity index (χ1v) is 5.64. The standard InChI is InChI=1S/C12H9ClF3NO3/c1-6(12(14,15)16)20-8-4-3-7(5-17)10(19-2)9(8)11(13)18/h3-4,6H,1-2H3. The molecule has 0 bridgehead atoms. The van der Waals surface area contributed by atoms with Crippen LogP contribution in [-0.4, -0.2) is 24.6 Å². The fourth-order valence-corrected chi connectivity index (χ4v) is 1.59. The van der Waals surface area contributed by atoms with Crippen molar-refractivity contribution in [3.63, 3.8) is 0 Å². The third kappa shape index (κ3) is 3.33. The Morgan fingerprint density at radius 1 is 1.45 bits per heavy atom. The van der Waals surface area contributed by atoms with Gasteiger partial charge in [0, 0.05) is 0 Å². The lowest BCUT2D eigenvalue weighted by molar-refractivity contribution is -0.189. The summed E-state index contributed by atoms with van der Waals surface area (Å²) < 4.78 is 46.9. The molecule has 108 valence electrons. The maximum Gasteiger partial charge on any atom is 0.425 e. The van der Waals surface area contributed by atoms with E-state index in [4.69, 9.17) is 26.3 Å². The molecule has 4 nitrogen and oxygen atoms in total. The predicted molar refractivity (Wildman–Crippen MR) is 64.0 cm³/mol. The molecule has 0 saturated carbocycles. The van der Waals surface area contributed by atoms with Gasteiger partial charge >= 0.3 is 6.18 Å². The number of alkyl halides is 3. The number of benzene rings is 1. The van der Waals surface area contributed by atoms with Crippen molar-refractivity contribution in [3.05, 3.63) is 23.3 Å². The number of halogens is 4. The predicted octanol–water partition coefficient (Wildman–Crippen LogP) is 3.28. The average Bonchev–Trinajstić information content (AvgIpc) is 2.36. The zero-order valence-corrected chi connectivity index (χ0v) is 11.2. The minimum Gasteiger partial charge on any atom is -0.494 e. The van der Waals surface area contributed by atoms with Gasteiger partial charge < -0.3 is 9.47 Å². The van der Waals surface area contributed by atoms with Gasteiger partial charge in [-0.3, -0.25) is 4.79 Å². The molecule has 1 rings (SSSR count). The number of rotatable bonds is 4. The number of hydrogen-bond donors (Lipinski definition) is 0. The van der Waals surface area contributed by atoms with E-state index < -0.39 is 28.8 Å². The van der Waals surface area contributed by atoms with Crippen molar-refractivity contribution in [1.82, 2.24) is 0 Å². The Kier molecular flexibility index (Phi) is 4.84. The second-order valence-electron chi connectivity index (χ2n) is 3.71. The molecule has 0 N–H and O–H groups in total. The maximum atomic E-state index is 12.5. The molecule has 0 aromatic heterocycles. The van der Waals surface area contributed by atoms with Gasteiger partial charge in [0.25, 0.3) is 5.24 Å². The van der Waals surface area contributed by atoms with E-state index in [-0.39, 0.29) is 11.3 Å². The number of ether oxygens (including phenoxy) is 2. The Hall–Kier alpha value is -1.94. The van der Waals surface area contributed by atoms with Crippen LogP contribution in [0.25, 0.3) is 0 Å². The summed E-state index contributed by atoms with van der Waals surface area (Å²) in [5.74, 6) is -0.620. The minimum atomic E-state index is -4.60. The molecule has 1 aromatic rings. The molecular formula is C12H9ClF3NO3. The van der Waals surface area contributed by atoms with Crippen molar-refractivity contribution in [2.24, 2.45) is 0 Å². The number of hydrogen-bond acceptors (Lipinski definition) is 4. The molecule has 0 aliphatic heterocycles. The van der Waals surface area contributed by atoms with Gasteiger partial charge in [0.05, 0.1) is 12.7 Å². The van der Waals surface area contributed by atoms with Crippen LogP contribution in [0.5, 0.6) is 11.5 Å². The quantitative estimate of drug-likeness (QED) is 0.801. The molecule has 0 aliphatic carbocycles. The highest BCUT2D eigenvalue weighted by Gasteiger charge is 2.39. The smallest absolute Gasteiger partial charge is 0.425 e. The molecule has 8 heteroatoms. The summed E-state index contributed by atoms with van der Waals surface area (Å²) in [4.78, 5) is 11.4. The highest BCUT2D eigenvalue weighted by atomic mass is 35.5. The monoisotopic (exact) mass is 307 g/mol. The SMILES string of the molecule is COc1c(C#N)ccc(OC(C)C(F)(F)F)c1C(=O)Cl. The molecule has 0 radical (unpaired) electrons. The van der Waals surface area contributed by atoms with E-state index in [9.17, 15) is 18.0 Å². The van der Waals surface area contributed by atoms with Gasteiger partial charge in [-0.1, -0.05) is 0 Å². The molecule has 0 saturated heterocycles. The molecular weight excluding hydrogens is 299 g/mol. The Morgan fingerprint density at radius 3 is 2.45 bits per heavy atom. The van der Waals surface area contributed by atoms with E-state index in [1.165, 1.54) is 6.07 Å². The average molecular weight is 308 g/mol. The van der Waals surface area contributed by atoms with E-state index in [0.717, 1.165) is 20.1 Å². The summed E-state index contributed by atoms with van der Waals surface area (Å²) in [6.45, 7) is 0.785. The zero-order chi connectivity index (χ0) is 15.5. The van der Waals surface area contributed by atoms with Gasteiger partial charge in [0.1, 0.15) is 17.4 Å². The fraction of sp³-hybridized carbons (Fsp3) is 0.333. The maximum absolute atomic E-state index is 12.5. The summed E-state index contributed by atoms with van der Waals surface area (Å²) >= 11 is 5.33. The van der Waals surface area contributed by atoms with Crippen LogP contribution in [-0.2, 0) is 0 Å². The third-order valence-corrected chi connectivity index (χ3v) is 2.59. The van der Waals surface area contributed by atoms with E-state index in [1.807, 2.05) is 0 Å². The van der Waals surface area contributed by atoms with Crippen molar-refractivity contribution in [2.75, 3.05) is 7.11 Å². The van der Waals surface area contributed by atoms with Gasteiger partial charge in [-0.05, 0) is 30.7 Å². The molecule has 0 spiro atoms. The van der Waals surface area contributed by atoms with Crippen LogP contribution in [0.1, 0.15) is 22.8 Å². The van der Waals surface area contributed by atoms with Crippen LogP contribution >= 0.6 is 11.6 Å². The molecule has 0 heterocycles. The van der Waals surface area contributed by atoms with Crippen LogP contribution in [0.15, 0.2) is 12.1 Å². The molecule has 0 fully saturated rings. The van der Waals surface area contributed by atoms with Gasteiger partial charge in [-0.2, -0.15) is 18.4 Å². The second-order valence-corrected chi connectivity index (χ2v) is 4.05. The fourth-order valence-electron chi connectivity index (χ4n) is 1.41. The second kappa shape index (κ2) is 6.01. The first-order chi connectivity index (χ1) is 9.22. The summed E-state index contributed by atoms with van der Waals surface area (Å²) in [6.07, 6.45) is -6.75. The molecule has 1 unspecified atom stereocenters. The normalized spacial score (nSPS) is 12.4. The highest BCUT2D eigenvalue weighted by Crippen LogP contribution is 2.35. The lowest BCUT2D eigenvalue weighted by atomic mass is 10.1. The largest absolute Gasteiger partial charge is 0.494 e. The molecule has 1 atom stereocenters. The number of nitrogens with zero attached hydrogens (tertiary/aromatic N) is 1. The van der Waals surface area contributed by atoms with Crippen LogP contribution < -0.4 is 9.47 Å². The zero-order valence-electron chi connectivity index (χ0n) is 10.4. The van der Waals surface area contributed by atoms with Crippen LogP contribution in [0.4, 0.5) is 13.2 Å². The minimum absolute atomic E-state index is 0.0384. The number of methoxy groups -OCH3 is 1. The van der Waals surface area contributed by atoms with E-state index >= 15 is 0 Å². The Morgan fingerprint density at radius 2 is 2.05 bits per heavy atom. The van der Waals surface area contributed by atoms with Gasteiger partial charge in [-0.15, -0.1) is 0 Å². The summed E-state index contributed by atoms with van der Waals surface area (Å²) in [6, 6.07) is 3.99. The lowest BCUT2D eigenvalue weighted by Crippen LogP contribution is -2.31.